The van der Waals surface area contributed by atoms with Crippen LogP contribution in [0.5, 0.6) is 17.2 Å². The van der Waals surface area contributed by atoms with E-state index in [-0.39, 0.29) is 5.91 Å². The molecule has 0 spiro atoms. The van der Waals surface area contributed by atoms with Crippen LogP contribution >= 0.6 is 0 Å². The highest BCUT2D eigenvalue weighted by Gasteiger charge is 2.14. The zero-order valence-electron chi connectivity index (χ0n) is 17.1. The number of methoxy groups -OCH3 is 2. The number of hydrogen-bond acceptors (Lipinski definition) is 4. The third kappa shape index (κ3) is 5.64. The minimum atomic E-state index is 0.0357. The largest absolute Gasteiger partial charge is 0.493 e. The van der Waals surface area contributed by atoms with Crippen molar-refractivity contribution in [2.75, 3.05) is 27.9 Å². The van der Waals surface area contributed by atoms with E-state index in [0.717, 1.165) is 28.0 Å². The molecule has 1 amide bonds. The fourth-order valence-electron chi connectivity index (χ4n) is 3.00. The third-order valence-corrected chi connectivity index (χ3v) is 4.46. The standard InChI is InChI=1S/C22H29NO4/c1-15-9-16(2)11-19(10-15)27-8-7-22(24)23(4)14-18-13-21(26-6)20(25-5)12-17(18)3/h9-13H,7-8,14H2,1-6H3. The van der Waals surface area contributed by atoms with Crippen LogP contribution in [0, 0.1) is 20.8 Å². The van der Waals surface area contributed by atoms with Crippen LogP contribution in [-0.4, -0.2) is 38.7 Å². The Morgan fingerprint density at radius 3 is 2.11 bits per heavy atom. The van der Waals surface area contributed by atoms with E-state index in [0.29, 0.717) is 31.1 Å². The lowest BCUT2D eigenvalue weighted by Crippen LogP contribution is -2.27. The van der Waals surface area contributed by atoms with Gasteiger partial charge in [-0.1, -0.05) is 6.07 Å². The van der Waals surface area contributed by atoms with Crippen molar-refractivity contribution in [2.24, 2.45) is 0 Å². The summed E-state index contributed by atoms with van der Waals surface area (Å²) in [6.07, 6.45) is 0.329. The minimum Gasteiger partial charge on any atom is -0.493 e. The monoisotopic (exact) mass is 371 g/mol. The quantitative estimate of drug-likeness (QED) is 0.702. The first-order chi connectivity index (χ1) is 12.8. The summed E-state index contributed by atoms with van der Waals surface area (Å²) < 4.78 is 16.4. The molecule has 5 nitrogen and oxygen atoms in total. The molecule has 0 saturated carbocycles. The van der Waals surface area contributed by atoms with E-state index >= 15 is 0 Å². The lowest BCUT2D eigenvalue weighted by Gasteiger charge is -2.20. The summed E-state index contributed by atoms with van der Waals surface area (Å²) in [5.41, 5.74) is 4.38. The maximum absolute atomic E-state index is 12.5. The molecule has 0 aliphatic carbocycles. The van der Waals surface area contributed by atoms with Gasteiger partial charge in [0, 0.05) is 13.6 Å². The summed E-state index contributed by atoms with van der Waals surface area (Å²) >= 11 is 0. The van der Waals surface area contributed by atoms with Crippen molar-refractivity contribution in [3.8, 4) is 17.2 Å². The summed E-state index contributed by atoms with van der Waals surface area (Å²) in [5.74, 6) is 2.19. The summed E-state index contributed by atoms with van der Waals surface area (Å²) in [6.45, 7) is 6.93. The van der Waals surface area contributed by atoms with Crippen LogP contribution in [-0.2, 0) is 11.3 Å². The summed E-state index contributed by atoms with van der Waals surface area (Å²) in [6, 6.07) is 9.90. The van der Waals surface area contributed by atoms with Crippen molar-refractivity contribution in [1.82, 2.24) is 4.90 Å². The Morgan fingerprint density at radius 1 is 0.926 bits per heavy atom. The molecule has 0 unspecified atom stereocenters. The van der Waals surface area contributed by atoms with Gasteiger partial charge in [0.05, 0.1) is 27.2 Å². The lowest BCUT2D eigenvalue weighted by atomic mass is 10.1. The van der Waals surface area contributed by atoms with Crippen molar-refractivity contribution in [2.45, 2.75) is 33.7 Å². The molecule has 0 heterocycles. The van der Waals surface area contributed by atoms with Gasteiger partial charge in [-0.2, -0.15) is 0 Å². The second-order valence-corrected chi connectivity index (χ2v) is 6.81. The van der Waals surface area contributed by atoms with Gasteiger partial charge >= 0.3 is 0 Å². The molecule has 2 rings (SSSR count). The normalized spacial score (nSPS) is 10.4. The number of carbonyl (C=O) groups is 1. The van der Waals surface area contributed by atoms with Crippen molar-refractivity contribution in [3.63, 3.8) is 0 Å². The van der Waals surface area contributed by atoms with Gasteiger partial charge in [-0.05, 0) is 67.3 Å². The van der Waals surface area contributed by atoms with Crippen LogP contribution in [0.1, 0.15) is 28.7 Å². The molecule has 0 fully saturated rings. The van der Waals surface area contributed by atoms with E-state index in [2.05, 4.69) is 6.07 Å². The van der Waals surface area contributed by atoms with Crippen LogP contribution in [0.4, 0.5) is 0 Å². The number of hydrogen-bond donors (Lipinski definition) is 0. The van der Waals surface area contributed by atoms with Crippen LogP contribution in [0.2, 0.25) is 0 Å². The van der Waals surface area contributed by atoms with Gasteiger partial charge in [-0.25, -0.2) is 0 Å². The lowest BCUT2D eigenvalue weighted by molar-refractivity contribution is -0.130. The van der Waals surface area contributed by atoms with E-state index in [9.17, 15) is 4.79 Å². The Labute approximate surface area is 161 Å². The Balaban J connectivity index is 1.93. The zero-order valence-corrected chi connectivity index (χ0v) is 17.1. The van der Waals surface area contributed by atoms with Crippen molar-refractivity contribution >= 4 is 5.91 Å². The zero-order chi connectivity index (χ0) is 20.0. The second kappa shape index (κ2) is 9.31. The highest BCUT2D eigenvalue weighted by Crippen LogP contribution is 2.30. The van der Waals surface area contributed by atoms with Crippen LogP contribution < -0.4 is 14.2 Å². The Bertz CT molecular complexity index is 781. The molecule has 0 aromatic heterocycles. The van der Waals surface area contributed by atoms with E-state index in [1.165, 1.54) is 0 Å². The van der Waals surface area contributed by atoms with Crippen LogP contribution in [0.15, 0.2) is 30.3 Å². The molecule has 0 aliphatic rings. The maximum Gasteiger partial charge on any atom is 0.226 e. The van der Waals surface area contributed by atoms with E-state index in [1.807, 2.05) is 45.0 Å². The van der Waals surface area contributed by atoms with Gasteiger partial charge < -0.3 is 19.1 Å². The molecule has 5 heteroatoms. The Morgan fingerprint density at radius 2 is 1.52 bits per heavy atom. The van der Waals surface area contributed by atoms with Crippen LogP contribution in [0.3, 0.4) is 0 Å². The third-order valence-electron chi connectivity index (χ3n) is 4.46. The molecular formula is C22H29NO4. The molecule has 0 atom stereocenters. The first-order valence-electron chi connectivity index (χ1n) is 9.00. The highest BCUT2D eigenvalue weighted by atomic mass is 16.5. The van der Waals surface area contributed by atoms with Crippen LogP contribution in [0.25, 0.3) is 0 Å². The molecule has 0 aliphatic heterocycles. The topological polar surface area (TPSA) is 48.0 Å². The van der Waals surface area contributed by atoms with Gasteiger partial charge in [0.2, 0.25) is 5.91 Å². The molecule has 2 aromatic carbocycles. The van der Waals surface area contributed by atoms with Crippen molar-refractivity contribution in [1.29, 1.82) is 0 Å². The molecule has 0 bridgehead atoms. The number of aryl methyl sites for hydroxylation is 3. The first kappa shape index (κ1) is 20.6. The van der Waals surface area contributed by atoms with E-state index in [4.69, 9.17) is 14.2 Å². The Kier molecular flexibility index (Phi) is 7.11. The maximum atomic E-state index is 12.5. The highest BCUT2D eigenvalue weighted by molar-refractivity contribution is 5.76. The molecule has 146 valence electrons. The average molecular weight is 371 g/mol. The number of amides is 1. The summed E-state index contributed by atoms with van der Waals surface area (Å²) in [5, 5.41) is 0. The van der Waals surface area contributed by atoms with Gasteiger partial charge in [0.25, 0.3) is 0 Å². The van der Waals surface area contributed by atoms with Crippen molar-refractivity contribution in [3.05, 3.63) is 52.6 Å². The molecular weight excluding hydrogens is 342 g/mol. The van der Waals surface area contributed by atoms with Gasteiger partial charge in [0.1, 0.15) is 5.75 Å². The fraction of sp³-hybridized carbons (Fsp3) is 0.409. The summed E-state index contributed by atoms with van der Waals surface area (Å²) in [4.78, 5) is 14.2. The van der Waals surface area contributed by atoms with Gasteiger partial charge in [-0.3, -0.25) is 4.79 Å². The Hall–Kier alpha value is -2.69. The number of benzene rings is 2. The summed E-state index contributed by atoms with van der Waals surface area (Å²) in [7, 11) is 5.02. The molecule has 0 saturated heterocycles. The second-order valence-electron chi connectivity index (χ2n) is 6.81. The van der Waals surface area contributed by atoms with Gasteiger partial charge in [-0.15, -0.1) is 0 Å². The molecule has 27 heavy (non-hydrogen) atoms. The van der Waals surface area contributed by atoms with Gasteiger partial charge in [0.15, 0.2) is 11.5 Å². The van der Waals surface area contributed by atoms with Crippen molar-refractivity contribution < 1.29 is 19.0 Å². The number of rotatable bonds is 8. The molecule has 2 aromatic rings. The first-order valence-corrected chi connectivity index (χ1v) is 9.00. The smallest absolute Gasteiger partial charge is 0.226 e. The number of carbonyl (C=O) groups excluding carboxylic acids is 1. The van der Waals surface area contributed by atoms with E-state index < -0.39 is 0 Å². The number of ether oxygens (including phenoxy) is 3. The minimum absolute atomic E-state index is 0.0357. The molecule has 0 radical (unpaired) electrons. The SMILES string of the molecule is COc1cc(C)c(CN(C)C(=O)CCOc2cc(C)cc(C)c2)cc1OC. The number of nitrogens with zero attached hydrogens (tertiary/aromatic N) is 1. The predicted octanol–water partition coefficient (Wildman–Crippen LogP) is 4.06. The molecule has 0 N–H and O–H groups in total. The predicted molar refractivity (Wildman–Crippen MR) is 107 cm³/mol. The fourth-order valence-corrected chi connectivity index (χ4v) is 3.00. The average Bonchev–Trinajstić information content (AvgIpc) is 2.61. The van der Waals surface area contributed by atoms with E-state index in [1.54, 1.807) is 26.2 Å².